The summed E-state index contributed by atoms with van der Waals surface area (Å²) in [4.78, 5) is 0. The molecule has 0 atom stereocenters. The number of unbranched alkanes of at least 4 members (excludes halogenated alkanes) is 14. The zero-order valence-electron chi connectivity index (χ0n) is 15.6. The summed E-state index contributed by atoms with van der Waals surface area (Å²) in [5.41, 5.74) is 2.72. The van der Waals surface area contributed by atoms with Crippen LogP contribution in [0.25, 0.3) is 0 Å². The molecule has 0 saturated carbocycles. The summed E-state index contributed by atoms with van der Waals surface area (Å²) in [5, 5.41) is 0. The van der Waals surface area contributed by atoms with Crippen LogP contribution in [0.1, 0.15) is 103 Å². The molecule has 0 rings (SSSR count). The molecule has 0 amide bonds. The van der Waals surface area contributed by atoms with Crippen LogP contribution in [0.4, 0.5) is 13.2 Å². The molecule has 0 aliphatic heterocycles. The molecule has 0 unspecified atom stereocenters. The standard InChI is InChI=1S/C19H32Cl3F3Si/c20-26(21,22)18-16-14-12-10-8-6-4-2-1-3-5-7-9-11-13-15-17-19(23,24)25/h1-15,17H2. The third-order valence-electron chi connectivity index (χ3n) is 4.24. The molecule has 0 aliphatic rings. The van der Waals surface area contributed by atoms with Gasteiger partial charge in [-0.3, -0.25) is 0 Å². The molecular formula is C19H32Cl3F3Si. The molecule has 26 heavy (non-hydrogen) atoms. The zero-order chi connectivity index (χ0) is 19.7. The first-order valence-electron chi connectivity index (χ1n) is 9.84. The maximum atomic E-state index is 12.0. The average molecular weight is 452 g/mol. The Morgan fingerprint density at radius 3 is 1.27 bits per heavy atom. The van der Waals surface area contributed by atoms with E-state index in [1.807, 2.05) is 0 Å². The van der Waals surface area contributed by atoms with Crippen molar-refractivity contribution in [3.8, 4) is 11.5 Å². The van der Waals surface area contributed by atoms with Gasteiger partial charge in [0, 0.05) is 12.8 Å². The van der Waals surface area contributed by atoms with Crippen LogP contribution in [0.2, 0.25) is 0 Å². The molecule has 0 aliphatic carbocycles. The van der Waals surface area contributed by atoms with Crippen molar-refractivity contribution in [1.82, 2.24) is 0 Å². The van der Waals surface area contributed by atoms with E-state index in [9.17, 15) is 13.2 Å². The second kappa shape index (κ2) is 16.4. The highest BCUT2D eigenvalue weighted by Crippen LogP contribution is 2.23. The lowest BCUT2D eigenvalue weighted by Crippen LogP contribution is -2.06. The Kier molecular flexibility index (Phi) is 16.7. The molecule has 154 valence electrons. The van der Waals surface area contributed by atoms with E-state index < -0.39 is 18.6 Å². The SMILES string of the molecule is FC(F)(F)CCCCCCCCCCCCCCCCC#C[Si](Cl)(Cl)Cl. The van der Waals surface area contributed by atoms with Gasteiger partial charge in [0.1, 0.15) is 0 Å². The van der Waals surface area contributed by atoms with Crippen LogP contribution >= 0.6 is 33.2 Å². The van der Waals surface area contributed by atoms with E-state index in [0.717, 1.165) is 32.1 Å². The fraction of sp³-hybridized carbons (Fsp3) is 0.895. The molecule has 0 radical (unpaired) electrons. The highest BCUT2D eigenvalue weighted by Gasteiger charge is 2.25. The topological polar surface area (TPSA) is 0 Å². The molecule has 0 heterocycles. The van der Waals surface area contributed by atoms with Gasteiger partial charge in [0.05, 0.1) is 0 Å². The maximum Gasteiger partial charge on any atom is 0.422 e. The fourth-order valence-corrected chi connectivity index (χ4v) is 3.75. The van der Waals surface area contributed by atoms with Crippen LogP contribution in [-0.4, -0.2) is 12.2 Å². The lowest BCUT2D eigenvalue weighted by molar-refractivity contribution is -0.135. The van der Waals surface area contributed by atoms with Gasteiger partial charge in [-0.2, -0.15) is 13.2 Å². The normalized spacial score (nSPS) is 12.1. The van der Waals surface area contributed by atoms with E-state index in [1.54, 1.807) is 0 Å². The van der Waals surface area contributed by atoms with Crippen LogP contribution in [-0.2, 0) is 0 Å². The van der Waals surface area contributed by atoms with Gasteiger partial charge >= 0.3 is 12.2 Å². The van der Waals surface area contributed by atoms with Gasteiger partial charge in [0.15, 0.2) is 0 Å². The van der Waals surface area contributed by atoms with Crippen molar-refractivity contribution in [1.29, 1.82) is 0 Å². The van der Waals surface area contributed by atoms with Gasteiger partial charge in [-0.05, 0) is 12.8 Å². The number of alkyl halides is 3. The van der Waals surface area contributed by atoms with E-state index in [0.29, 0.717) is 6.42 Å². The van der Waals surface area contributed by atoms with E-state index in [2.05, 4.69) is 11.5 Å². The van der Waals surface area contributed by atoms with Gasteiger partial charge < -0.3 is 0 Å². The smallest absolute Gasteiger partial charge is 0.171 e. The summed E-state index contributed by atoms with van der Waals surface area (Å²) >= 11 is 17.0. The number of hydrogen-bond acceptors (Lipinski definition) is 0. The Morgan fingerprint density at radius 2 is 0.923 bits per heavy atom. The molecule has 0 nitrogen and oxygen atoms in total. The predicted molar refractivity (Wildman–Crippen MR) is 111 cm³/mol. The van der Waals surface area contributed by atoms with E-state index >= 15 is 0 Å². The van der Waals surface area contributed by atoms with Crippen LogP contribution in [0.3, 0.4) is 0 Å². The largest absolute Gasteiger partial charge is 0.422 e. The molecule has 0 bridgehead atoms. The molecule has 0 saturated heterocycles. The minimum atomic E-state index is -3.98. The highest BCUT2D eigenvalue weighted by atomic mass is 35.8. The minimum absolute atomic E-state index is 0.282. The predicted octanol–water partition coefficient (Wildman–Crippen LogP) is 8.99. The Balaban J connectivity index is 3.15. The first-order valence-corrected chi connectivity index (χ1v) is 14.9. The van der Waals surface area contributed by atoms with Crippen LogP contribution < -0.4 is 0 Å². The zero-order valence-corrected chi connectivity index (χ0v) is 18.8. The first kappa shape index (κ1) is 26.4. The van der Waals surface area contributed by atoms with Gasteiger partial charge in [0.25, 0.3) is 0 Å². The van der Waals surface area contributed by atoms with E-state index in [1.165, 1.54) is 51.4 Å². The summed E-state index contributed by atoms with van der Waals surface area (Å²) in [6.07, 6.45) is 11.4. The monoisotopic (exact) mass is 450 g/mol. The lowest BCUT2D eigenvalue weighted by atomic mass is 10.0. The fourth-order valence-electron chi connectivity index (χ4n) is 2.82. The Morgan fingerprint density at radius 1 is 0.577 bits per heavy atom. The molecule has 7 heteroatoms. The molecule has 0 aromatic heterocycles. The van der Waals surface area contributed by atoms with E-state index in [-0.39, 0.29) is 6.42 Å². The molecule has 0 aromatic carbocycles. The van der Waals surface area contributed by atoms with Gasteiger partial charge in [-0.1, -0.05) is 82.6 Å². The van der Waals surface area contributed by atoms with Crippen molar-refractivity contribution in [3.05, 3.63) is 0 Å². The van der Waals surface area contributed by atoms with Crippen molar-refractivity contribution in [2.75, 3.05) is 0 Å². The average Bonchev–Trinajstić information content (AvgIpc) is 2.51. The summed E-state index contributed by atoms with van der Waals surface area (Å²) in [6, 6.07) is -2.76. The van der Waals surface area contributed by atoms with Gasteiger partial charge in [-0.15, -0.1) is 39.2 Å². The van der Waals surface area contributed by atoms with Crippen molar-refractivity contribution in [3.63, 3.8) is 0 Å². The van der Waals surface area contributed by atoms with Gasteiger partial charge in [0.2, 0.25) is 0 Å². The quantitative estimate of drug-likeness (QED) is 0.101. The molecular weight excluding hydrogens is 420 g/mol. The number of rotatable bonds is 15. The van der Waals surface area contributed by atoms with Crippen LogP contribution in [0.5, 0.6) is 0 Å². The van der Waals surface area contributed by atoms with Crippen molar-refractivity contribution < 1.29 is 13.2 Å². The van der Waals surface area contributed by atoms with Crippen LogP contribution in [0, 0.1) is 11.5 Å². The third kappa shape index (κ3) is 24.4. The molecule has 0 spiro atoms. The highest BCUT2D eigenvalue weighted by molar-refractivity contribution is 7.67. The molecule has 0 N–H and O–H groups in total. The Bertz CT molecular complexity index is 384. The summed E-state index contributed by atoms with van der Waals surface area (Å²) in [6.45, 7) is 0. The summed E-state index contributed by atoms with van der Waals surface area (Å²) in [7, 11) is 0. The summed E-state index contributed by atoms with van der Waals surface area (Å²) in [5.74, 6) is 2.94. The van der Waals surface area contributed by atoms with E-state index in [4.69, 9.17) is 33.2 Å². The maximum absolute atomic E-state index is 12.0. The van der Waals surface area contributed by atoms with Crippen molar-refractivity contribution >= 4 is 39.2 Å². The second-order valence-electron chi connectivity index (χ2n) is 6.86. The van der Waals surface area contributed by atoms with Crippen LogP contribution in [0.15, 0.2) is 0 Å². The Hall–Kier alpha value is 0.437. The number of halogens is 6. The summed E-state index contributed by atoms with van der Waals surface area (Å²) < 4.78 is 35.9. The molecule has 0 aromatic rings. The lowest BCUT2D eigenvalue weighted by Gasteiger charge is -2.05. The molecule has 0 fully saturated rings. The van der Waals surface area contributed by atoms with Crippen molar-refractivity contribution in [2.45, 2.75) is 109 Å². The van der Waals surface area contributed by atoms with Gasteiger partial charge in [-0.25, -0.2) is 0 Å². The number of hydrogen-bond donors (Lipinski definition) is 0. The second-order valence-corrected chi connectivity index (χ2v) is 15.0. The minimum Gasteiger partial charge on any atom is -0.171 e. The van der Waals surface area contributed by atoms with Crippen molar-refractivity contribution in [2.24, 2.45) is 0 Å². The Labute approximate surface area is 172 Å². The first-order chi connectivity index (χ1) is 12.2. The third-order valence-corrected chi connectivity index (χ3v) is 5.55.